The smallest absolute Gasteiger partial charge is 0.337 e. The first kappa shape index (κ1) is 11.3. The summed E-state index contributed by atoms with van der Waals surface area (Å²) in [6.07, 6.45) is 0. The van der Waals surface area contributed by atoms with E-state index in [1.807, 2.05) is 0 Å². The van der Waals surface area contributed by atoms with Crippen LogP contribution >= 0.6 is 15.9 Å². The Balaban J connectivity index is 2.97. The molecule has 1 amide bonds. The number of nitrogens with one attached hydrogen (secondary N) is 1. The average molecular weight is 268 g/mol. The lowest BCUT2D eigenvalue weighted by molar-refractivity contribution is -0.111. The van der Waals surface area contributed by atoms with Crippen molar-refractivity contribution in [3.63, 3.8) is 0 Å². The van der Waals surface area contributed by atoms with Gasteiger partial charge in [-0.2, -0.15) is 0 Å². The molecule has 2 N–H and O–H groups in total. The van der Waals surface area contributed by atoms with Crippen molar-refractivity contribution in [2.75, 3.05) is 5.32 Å². The Morgan fingerprint density at radius 2 is 2.00 bits per heavy atom. The summed E-state index contributed by atoms with van der Waals surface area (Å²) in [7, 11) is 0. The second-order valence-corrected chi connectivity index (χ2v) is 2.92. The number of carbonyl (C=O) groups excluding carboxylic acids is 1. The molecule has 0 aliphatic heterocycles. The molecule has 0 atom stereocenters. The average Bonchev–Trinajstić information content (AvgIpc) is 2.18. The van der Waals surface area contributed by atoms with Gasteiger partial charge in [-0.1, -0.05) is 12.1 Å². The Labute approximate surface area is 94.4 Å². The van der Waals surface area contributed by atoms with E-state index >= 15 is 0 Å². The summed E-state index contributed by atoms with van der Waals surface area (Å²) in [4.78, 5) is 24.1. The molecule has 0 aliphatic rings. The number of rotatable bonds is 2. The van der Waals surface area contributed by atoms with Crippen molar-refractivity contribution in [2.24, 2.45) is 0 Å². The van der Waals surface area contributed by atoms with E-state index in [0.717, 1.165) is 0 Å². The number of anilines is 1. The van der Waals surface area contributed by atoms with E-state index in [1.54, 1.807) is 12.1 Å². The number of carboxylic acids is 1. The lowest BCUT2D eigenvalue weighted by atomic mass is 10.2. The van der Waals surface area contributed by atoms with Gasteiger partial charge in [0.1, 0.15) is 0 Å². The fourth-order valence-corrected chi connectivity index (χ4v) is 1.16. The van der Waals surface area contributed by atoms with Crippen LogP contribution in [0.1, 0.15) is 10.4 Å². The molecule has 0 saturated heterocycles. The van der Waals surface area contributed by atoms with Gasteiger partial charge in [0.25, 0.3) is 0 Å². The third-order valence-electron chi connectivity index (χ3n) is 1.57. The van der Waals surface area contributed by atoms with Crippen molar-refractivity contribution in [3.05, 3.63) is 29.8 Å². The van der Waals surface area contributed by atoms with Gasteiger partial charge in [-0.3, -0.25) is 4.79 Å². The summed E-state index contributed by atoms with van der Waals surface area (Å²) < 4.78 is 0. The van der Waals surface area contributed by atoms with Gasteiger partial charge in [0, 0.05) is 21.9 Å². The van der Waals surface area contributed by atoms with Crippen molar-refractivity contribution in [2.45, 2.75) is 0 Å². The fraction of sp³-hybridized carbons (Fsp3) is 0. The SMILES string of the molecule is O=C(C#CBr)Nc1ccccc1C(=O)O. The standard InChI is InChI=1S/C10H6BrNO3/c11-6-5-9(13)12-8-4-2-1-3-7(8)10(14)15/h1-4H,(H,12,13)(H,14,15). The number of carbonyl (C=O) groups is 2. The minimum Gasteiger partial charge on any atom is -0.478 e. The molecule has 0 fully saturated rings. The quantitative estimate of drug-likeness (QED) is 0.802. The van der Waals surface area contributed by atoms with Crippen molar-refractivity contribution in [1.29, 1.82) is 0 Å². The minimum absolute atomic E-state index is 0.0298. The number of para-hydroxylation sites is 1. The highest BCUT2D eigenvalue weighted by atomic mass is 79.9. The molecule has 0 aromatic heterocycles. The number of hydrogen-bond acceptors (Lipinski definition) is 2. The highest BCUT2D eigenvalue weighted by Gasteiger charge is 2.09. The number of halogens is 1. The predicted octanol–water partition coefficient (Wildman–Crippen LogP) is 1.68. The summed E-state index contributed by atoms with van der Waals surface area (Å²) in [5, 5.41) is 11.2. The van der Waals surface area contributed by atoms with Crippen LogP contribution in [0.4, 0.5) is 5.69 Å². The van der Waals surface area contributed by atoms with Crippen LogP contribution in [0.3, 0.4) is 0 Å². The molecule has 1 rings (SSSR count). The third-order valence-corrected chi connectivity index (χ3v) is 1.76. The molecule has 0 heterocycles. The van der Waals surface area contributed by atoms with Crippen LogP contribution in [0, 0.1) is 10.8 Å². The zero-order valence-electron chi connectivity index (χ0n) is 7.45. The van der Waals surface area contributed by atoms with E-state index < -0.39 is 11.9 Å². The van der Waals surface area contributed by atoms with Crippen molar-refractivity contribution >= 4 is 33.5 Å². The molecule has 0 spiro atoms. The third kappa shape index (κ3) is 3.11. The highest BCUT2D eigenvalue weighted by molar-refractivity contribution is 9.12. The molecule has 0 aliphatic carbocycles. The molecular weight excluding hydrogens is 262 g/mol. The normalized spacial score (nSPS) is 8.60. The molecule has 0 bridgehead atoms. The molecule has 4 nitrogen and oxygen atoms in total. The maximum absolute atomic E-state index is 11.1. The van der Waals surface area contributed by atoms with E-state index in [-0.39, 0.29) is 11.3 Å². The van der Waals surface area contributed by atoms with Crippen LogP contribution in [0.5, 0.6) is 0 Å². The molecule has 0 unspecified atom stereocenters. The van der Waals surface area contributed by atoms with Gasteiger partial charge in [0.15, 0.2) is 0 Å². The summed E-state index contributed by atoms with van der Waals surface area (Å²) in [6, 6.07) is 6.11. The summed E-state index contributed by atoms with van der Waals surface area (Å²) >= 11 is 2.77. The first-order chi connectivity index (χ1) is 7.15. The first-order valence-corrected chi connectivity index (χ1v) is 4.69. The van der Waals surface area contributed by atoms with Gasteiger partial charge >= 0.3 is 11.9 Å². The molecule has 0 radical (unpaired) electrons. The molecular formula is C10H6BrNO3. The largest absolute Gasteiger partial charge is 0.478 e. The van der Waals surface area contributed by atoms with Crippen molar-refractivity contribution in [1.82, 2.24) is 0 Å². The van der Waals surface area contributed by atoms with E-state index in [4.69, 9.17) is 5.11 Å². The van der Waals surface area contributed by atoms with E-state index in [9.17, 15) is 9.59 Å². The van der Waals surface area contributed by atoms with Crippen LogP contribution in [0.2, 0.25) is 0 Å². The van der Waals surface area contributed by atoms with Crippen LogP contribution in [-0.2, 0) is 4.79 Å². The molecule has 15 heavy (non-hydrogen) atoms. The minimum atomic E-state index is -1.10. The second-order valence-electron chi connectivity index (χ2n) is 2.52. The second kappa shape index (κ2) is 5.17. The lowest BCUT2D eigenvalue weighted by Crippen LogP contribution is -2.12. The topological polar surface area (TPSA) is 66.4 Å². The monoisotopic (exact) mass is 267 g/mol. The number of amides is 1. The van der Waals surface area contributed by atoms with Crippen LogP contribution in [0.15, 0.2) is 24.3 Å². The number of benzene rings is 1. The zero-order valence-corrected chi connectivity index (χ0v) is 9.04. The maximum Gasteiger partial charge on any atom is 0.337 e. The van der Waals surface area contributed by atoms with Crippen LogP contribution in [-0.4, -0.2) is 17.0 Å². The Hall–Kier alpha value is -1.80. The van der Waals surface area contributed by atoms with E-state index in [0.29, 0.717) is 0 Å². The number of carboxylic acid groups (broad SMARTS) is 1. The van der Waals surface area contributed by atoms with Crippen LogP contribution < -0.4 is 5.32 Å². The van der Waals surface area contributed by atoms with Gasteiger partial charge in [-0.05, 0) is 17.0 Å². The number of hydrogen-bond donors (Lipinski definition) is 2. The summed E-state index contributed by atoms with van der Waals surface area (Å²) in [5.41, 5.74) is 0.257. The van der Waals surface area contributed by atoms with Crippen molar-refractivity contribution in [3.8, 4) is 10.8 Å². The van der Waals surface area contributed by atoms with Gasteiger partial charge in [-0.25, -0.2) is 4.79 Å². The van der Waals surface area contributed by atoms with Crippen molar-refractivity contribution < 1.29 is 14.7 Å². The lowest BCUT2D eigenvalue weighted by Gasteiger charge is -2.04. The molecule has 0 saturated carbocycles. The molecule has 5 heteroatoms. The Kier molecular flexibility index (Phi) is 3.89. The Bertz CT molecular complexity index is 459. The van der Waals surface area contributed by atoms with E-state index in [1.165, 1.54) is 12.1 Å². The molecule has 76 valence electrons. The summed E-state index contributed by atoms with van der Waals surface area (Å²) in [5.74, 6) is 0.516. The Morgan fingerprint density at radius 3 is 2.60 bits per heavy atom. The molecule has 1 aromatic carbocycles. The Morgan fingerprint density at radius 1 is 1.33 bits per heavy atom. The molecule has 1 aromatic rings. The van der Waals surface area contributed by atoms with Gasteiger partial charge in [-0.15, -0.1) is 0 Å². The fourth-order valence-electron chi connectivity index (χ4n) is 0.975. The van der Waals surface area contributed by atoms with Crippen LogP contribution in [0.25, 0.3) is 0 Å². The van der Waals surface area contributed by atoms with Gasteiger partial charge in [0.05, 0.1) is 11.3 Å². The maximum atomic E-state index is 11.1. The highest BCUT2D eigenvalue weighted by Crippen LogP contribution is 2.14. The van der Waals surface area contributed by atoms with E-state index in [2.05, 4.69) is 32.0 Å². The first-order valence-electron chi connectivity index (χ1n) is 3.90. The predicted molar refractivity (Wildman–Crippen MR) is 58.7 cm³/mol. The zero-order chi connectivity index (χ0) is 11.3. The number of aromatic carboxylic acids is 1. The summed E-state index contributed by atoms with van der Waals surface area (Å²) in [6.45, 7) is 0. The van der Waals surface area contributed by atoms with Gasteiger partial charge in [0.2, 0.25) is 0 Å². The van der Waals surface area contributed by atoms with Gasteiger partial charge < -0.3 is 10.4 Å².